The number of nitrogens with zero attached hydrogens (tertiary/aromatic N) is 3. The Balaban J connectivity index is 1.48. The number of hydrogen-bond donors (Lipinski definition) is 5. The molecule has 2 aromatic heterocycles. The van der Waals surface area contributed by atoms with E-state index in [1.807, 2.05) is 49.4 Å². The molecule has 11 heteroatoms. The third-order valence-corrected chi connectivity index (χ3v) is 7.91. The standard InChI is InChI=1S/C27H31N5O5S/c1-14-22(26-31-17-6-4-5-7-21(17)38-26)25(30-18-11-16(13-33)23(34)24(18)35)32-27(29-14)28-12-15-8-9-19(36-2)20(10-15)37-3/h4-10,16,18,23-24,33-35H,11-13H2,1-3H3,(H2,28,29,30,32)/t16-,18-,23-,24+/m1/s1. The van der Waals surface area contributed by atoms with Crippen molar-refractivity contribution in [1.82, 2.24) is 15.0 Å². The minimum atomic E-state index is -1.05. The maximum atomic E-state index is 10.7. The minimum absolute atomic E-state index is 0.206. The van der Waals surface area contributed by atoms with Crippen molar-refractivity contribution in [1.29, 1.82) is 0 Å². The number of hydrogen-bond acceptors (Lipinski definition) is 11. The van der Waals surface area contributed by atoms with E-state index in [1.165, 1.54) is 11.3 Å². The molecule has 1 aliphatic carbocycles. The Hall–Kier alpha value is -3.51. The van der Waals surface area contributed by atoms with Crippen LogP contribution in [0.4, 0.5) is 11.8 Å². The van der Waals surface area contributed by atoms with Crippen molar-refractivity contribution in [3.05, 3.63) is 53.7 Å². The van der Waals surface area contributed by atoms with Crippen molar-refractivity contribution in [3.8, 4) is 22.1 Å². The molecule has 4 aromatic rings. The van der Waals surface area contributed by atoms with Gasteiger partial charge in [-0.15, -0.1) is 11.3 Å². The number of thiazole rings is 1. The minimum Gasteiger partial charge on any atom is -0.493 e. The molecule has 5 N–H and O–H groups in total. The number of aliphatic hydroxyl groups is 3. The van der Waals surface area contributed by atoms with E-state index in [0.717, 1.165) is 26.4 Å². The Labute approximate surface area is 224 Å². The fraction of sp³-hybridized carbons (Fsp3) is 0.370. The Morgan fingerprint density at radius 1 is 1.00 bits per heavy atom. The maximum absolute atomic E-state index is 10.7. The Morgan fingerprint density at radius 3 is 2.50 bits per heavy atom. The lowest BCUT2D eigenvalue weighted by Gasteiger charge is -2.21. The quantitative estimate of drug-likeness (QED) is 0.216. The first-order valence-corrected chi connectivity index (χ1v) is 13.2. The van der Waals surface area contributed by atoms with E-state index in [0.29, 0.717) is 41.9 Å². The van der Waals surface area contributed by atoms with Crippen molar-refractivity contribution in [3.63, 3.8) is 0 Å². The Kier molecular flexibility index (Phi) is 7.61. The van der Waals surface area contributed by atoms with E-state index in [-0.39, 0.29) is 6.61 Å². The van der Waals surface area contributed by atoms with Gasteiger partial charge in [0.25, 0.3) is 0 Å². The summed E-state index contributed by atoms with van der Waals surface area (Å²) in [6, 6.07) is 13.1. The molecule has 0 spiro atoms. The predicted molar refractivity (Wildman–Crippen MR) is 147 cm³/mol. The zero-order valence-electron chi connectivity index (χ0n) is 21.4. The number of nitrogens with one attached hydrogen (secondary N) is 2. The van der Waals surface area contributed by atoms with Crippen molar-refractivity contribution < 1.29 is 24.8 Å². The average Bonchev–Trinajstić information content (AvgIpc) is 3.47. The van der Waals surface area contributed by atoms with Crippen molar-refractivity contribution in [2.75, 3.05) is 31.5 Å². The van der Waals surface area contributed by atoms with Gasteiger partial charge < -0.3 is 35.4 Å². The summed E-state index contributed by atoms with van der Waals surface area (Å²) in [6.45, 7) is 2.13. The van der Waals surface area contributed by atoms with E-state index in [1.54, 1.807) is 14.2 Å². The number of benzene rings is 2. The number of rotatable bonds is 9. The number of fused-ring (bicyclic) bond motifs is 1. The van der Waals surface area contributed by atoms with Gasteiger partial charge in [0.15, 0.2) is 11.5 Å². The van der Waals surface area contributed by atoms with Crippen LogP contribution in [0.15, 0.2) is 42.5 Å². The van der Waals surface area contributed by atoms with Crippen molar-refractivity contribution >= 4 is 33.3 Å². The van der Waals surface area contributed by atoms with Gasteiger partial charge in [-0.3, -0.25) is 0 Å². The van der Waals surface area contributed by atoms with Gasteiger partial charge in [-0.05, 0) is 43.2 Å². The molecular weight excluding hydrogens is 506 g/mol. The van der Waals surface area contributed by atoms with Crippen LogP contribution in [0, 0.1) is 12.8 Å². The fourth-order valence-electron chi connectivity index (χ4n) is 4.79. The highest BCUT2D eigenvalue weighted by Crippen LogP contribution is 2.38. The highest BCUT2D eigenvalue weighted by molar-refractivity contribution is 7.21. The molecule has 0 saturated heterocycles. The van der Waals surface area contributed by atoms with E-state index >= 15 is 0 Å². The van der Waals surface area contributed by atoms with Gasteiger partial charge >= 0.3 is 0 Å². The molecule has 1 aliphatic rings. The molecule has 1 fully saturated rings. The van der Waals surface area contributed by atoms with Crippen LogP contribution in [0.3, 0.4) is 0 Å². The third-order valence-electron chi connectivity index (χ3n) is 6.85. The summed E-state index contributed by atoms with van der Waals surface area (Å²) >= 11 is 1.54. The lowest BCUT2D eigenvalue weighted by atomic mass is 10.1. The molecule has 0 unspecified atom stereocenters. The molecule has 200 valence electrons. The molecule has 0 bridgehead atoms. The number of aromatic nitrogens is 3. The smallest absolute Gasteiger partial charge is 0.225 e. The summed E-state index contributed by atoms with van der Waals surface area (Å²) in [5.41, 5.74) is 3.28. The highest BCUT2D eigenvalue weighted by atomic mass is 32.1. The number of ether oxygens (including phenoxy) is 2. The molecule has 2 aromatic carbocycles. The second-order valence-electron chi connectivity index (χ2n) is 9.30. The van der Waals surface area contributed by atoms with Gasteiger partial charge in [-0.2, -0.15) is 4.98 Å². The zero-order chi connectivity index (χ0) is 26.8. The van der Waals surface area contributed by atoms with E-state index in [9.17, 15) is 15.3 Å². The van der Waals surface area contributed by atoms with Gasteiger partial charge in [0.1, 0.15) is 16.9 Å². The van der Waals surface area contributed by atoms with E-state index in [2.05, 4.69) is 10.6 Å². The monoisotopic (exact) mass is 537 g/mol. The molecule has 2 heterocycles. The number of aryl methyl sites for hydroxylation is 1. The second-order valence-corrected chi connectivity index (χ2v) is 10.3. The summed E-state index contributed by atoms with van der Waals surface area (Å²) < 4.78 is 11.8. The normalized spacial score (nSPS) is 21.0. The topological polar surface area (TPSA) is 142 Å². The van der Waals surface area contributed by atoms with Crippen molar-refractivity contribution in [2.24, 2.45) is 5.92 Å². The fourth-order valence-corrected chi connectivity index (χ4v) is 5.85. The number of para-hydroxylation sites is 1. The summed E-state index contributed by atoms with van der Waals surface area (Å²) in [5, 5.41) is 38.0. The zero-order valence-corrected chi connectivity index (χ0v) is 22.2. The second kappa shape index (κ2) is 11.1. The number of anilines is 2. The van der Waals surface area contributed by atoms with Gasteiger partial charge in [0, 0.05) is 19.1 Å². The molecule has 10 nitrogen and oxygen atoms in total. The van der Waals surface area contributed by atoms with Crippen LogP contribution in [0.5, 0.6) is 11.5 Å². The first-order chi connectivity index (χ1) is 18.4. The number of aliphatic hydroxyl groups excluding tert-OH is 3. The molecule has 0 aliphatic heterocycles. The largest absolute Gasteiger partial charge is 0.493 e. The van der Waals surface area contributed by atoms with Crippen LogP contribution < -0.4 is 20.1 Å². The average molecular weight is 538 g/mol. The van der Waals surface area contributed by atoms with Crippen LogP contribution in [0.2, 0.25) is 0 Å². The molecular formula is C27H31N5O5S. The van der Waals surface area contributed by atoms with E-state index < -0.39 is 24.2 Å². The lowest BCUT2D eigenvalue weighted by molar-refractivity contribution is 0.00446. The number of methoxy groups -OCH3 is 2. The van der Waals surface area contributed by atoms with Gasteiger partial charge in [0.05, 0.1) is 47.8 Å². The summed E-state index contributed by atoms with van der Waals surface area (Å²) in [7, 11) is 3.19. The Bertz CT molecular complexity index is 1400. The van der Waals surface area contributed by atoms with Crippen LogP contribution in [-0.2, 0) is 6.54 Å². The summed E-state index contributed by atoms with van der Waals surface area (Å²) in [4.78, 5) is 14.3. The van der Waals surface area contributed by atoms with Gasteiger partial charge in [-0.25, -0.2) is 9.97 Å². The summed E-state index contributed by atoms with van der Waals surface area (Å²) in [6.07, 6.45) is -1.67. The van der Waals surface area contributed by atoms with Crippen LogP contribution in [0.1, 0.15) is 17.7 Å². The molecule has 0 amide bonds. The van der Waals surface area contributed by atoms with Crippen LogP contribution in [0.25, 0.3) is 20.8 Å². The van der Waals surface area contributed by atoms with Crippen LogP contribution in [-0.4, -0.2) is 69.3 Å². The maximum Gasteiger partial charge on any atom is 0.225 e. The van der Waals surface area contributed by atoms with Crippen LogP contribution >= 0.6 is 11.3 Å². The third kappa shape index (κ3) is 5.10. The van der Waals surface area contributed by atoms with Gasteiger partial charge in [-0.1, -0.05) is 18.2 Å². The first kappa shape index (κ1) is 26.1. The first-order valence-electron chi connectivity index (χ1n) is 12.3. The summed E-state index contributed by atoms with van der Waals surface area (Å²) in [5.74, 6) is 1.76. The Morgan fingerprint density at radius 2 is 1.79 bits per heavy atom. The molecule has 38 heavy (non-hydrogen) atoms. The van der Waals surface area contributed by atoms with Gasteiger partial charge in [0.2, 0.25) is 5.95 Å². The SMILES string of the molecule is COc1ccc(CNc2nc(C)c(-c3nc4ccccc4s3)c(N[C@@H]3C[C@H](CO)[C@@H](O)[C@H]3O)n2)cc1OC. The van der Waals surface area contributed by atoms with E-state index in [4.69, 9.17) is 24.4 Å². The molecule has 5 rings (SSSR count). The molecule has 0 radical (unpaired) electrons. The molecule has 1 saturated carbocycles. The van der Waals surface area contributed by atoms with Crippen molar-refractivity contribution in [2.45, 2.75) is 38.1 Å². The molecule has 4 atom stereocenters. The highest BCUT2D eigenvalue weighted by Gasteiger charge is 2.41. The predicted octanol–water partition coefficient (Wildman–Crippen LogP) is 3.21. The lowest BCUT2D eigenvalue weighted by Crippen LogP contribution is -2.35.